The molecule has 0 amide bonds. The van der Waals surface area contributed by atoms with Gasteiger partial charge in [-0.05, 0) is 67.1 Å². The van der Waals surface area contributed by atoms with E-state index in [0.29, 0.717) is 5.92 Å². The summed E-state index contributed by atoms with van der Waals surface area (Å²) in [6.45, 7) is 4.15. The molecule has 2 aromatic heterocycles. The molecule has 36 heavy (non-hydrogen) atoms. The summed E-state index contributed by atoms with van der Waals surface area (Å²) in [6, 6.07) is 23.8. The van der Waals surface area contributed by atoms with Gasteiger partial charge in [0.2, 0.25) is 0 Å². The zero-order valence-corrected chi connectivity index (χ0v) is 20.2. The second kappa shape index (κ2) is 7.50. The fourth-order valence-corrected chi connectivity index (χ4v) is 5.85. The van der Waals surface area contributed by atoms with Gasteiger partial charge in [0, 0.05) is 27.9 Å². The Morgan fingerprint density at radius 3 is 2.83 bits per heavy atom. The van der Waals surface area contributed by atoms with Crippen molar-refractivity contribution in [1.82, 2.24) is 9.88 Å². The fourth-order valence-electron chi connectivity index (χ4n) is 5.85. The highest BCUT2D eigenvalue weighted by molar-refractivity contribution is 6.20. The van der Waals surface area contributed by atoms with Crippen LogP contribution in [-0.4, -0.2) is 10.1 Å². The number of nitriles is 1. The molecule has 174 valence electrons. The summed E-state index contributed by atoms with van der Waals surface area (Å²) in [5, 5.41) is 16.6. The second-order valence-electron chi connectivity index (χ2n) is 9.98. The van der Waals surface area contributed by atoms with Gasteiger partial charge >= 0.3 is 0 Å². The van der Waals surface area contributed by atoms with E-state index in [0.717, 1.165) is 51.0 Å². The van der Waals surface area contributed by atoms with Gasteiger partial charge in [0.05, 0.1) is 22.5 Å². The first-order valence-corrected chi connectivity index (χ1v) is 12.4. The van der Waals surface area contributed by atoms with Crippen molar-refractivity contribution in [1.29, 1.82) is 5.26 Å². The third-order valence-corrected chi connectivity index (χ3v) is 7.69. The van der Waals surface area contributed by atoms with Gasteiger partial charge in [-0.1, -0.05) is 55.5 Å². The zero-order valence-electron chi connectivity index (χ0n) is 20.2. The number of dihydropyridines is 1. The van der Waals surface area contributed by atoms with Crippen LogP contribution in [0.3, 0.4) is 0 Å². The molecule has 2 atom stereocenters. The monoisotopic (exact) mass is 467 g/mol. The van der Waals surface area contributed by atoms with Crippen LogP contribution >= 0.6 is 0 Å². The lowest BCUT2D eigenvalue weighted by Crippen LogP contribution is -2.40. The maximum absolute atomic E-state index is 9.90. The summed E-state index contributed by atoms with van der Waals surface area (Å²) in [5.41, 5.74) is 6.67. The predicted molar refractivity (Wildman–Crippen MR) is 147 cm³/mol. The maximum atomic E-state index is 9.90. The summed E-state index contributed by atoms with van der Waals surface area (Å²) in [5.74, 6) is 1.46. The van der Waals surface area contributed by atoms with Crippen LogP contribution in [0.2, 0.25) is 0 Å². The van der Waals surface area contributed by atoms with Crippen LogP contribution in [0, 0.1) is 11.3 Å². The third-order valence-electron chi connectivity index (χ3n) is 7.69. The third kappa shape index (κ3) is 2.80. The van der Waals surface area contributed by atoms with E-state index in [9.17, 15) is 5.26 Å². The molecule has 4 nitrogen and oxygen atoms in total. The number of aromatic nitrogens is 1. The van der Waals surface area contributed by atoms with Gasteiger partial charge in [-0.2, -0.15) is 5.26 Å². The van der Waals surface area contributed by atoms with Crippen LogP contribution in [0.4, 0.5) is 0 Å². The first-order chi connectivity index (χ1) is 17.6. The normalized spacial score (nSPS) is 20.9. The maximum Gasteiger partial charge on any atom is 0.148 e. The molecule has 4 heteroatoms. The molecular formula is C32H25N3O. The molecular weight excluding hydrogens is 442 g/mol. The summed E-state index contributed by atoms with van der Waals surface area (Å²) >= 11 is 0. The van der Waals surface area contributed by atoms with E-state index in [4.69, 9.17) is 4.42 Å². The van der Waals surface area contributed by atoms with Crippen molar-refractivity contribution in [3.05, 3.63) is 102 Å². The predicted octanol–water partition coefficient (Wildman–Crippen LogP) is 7.83. The number of hydrogen-bond acceptors (Lipinski definition) is 3. The quantitative estimate of drug-likeness (QED) is 0.288. The van der Waals surface area contributed by atoms with Crippen molar-refractivity contribution in [2.24, 2.45) is 0 Å². The summed E-state index contributed by atoms with van der Waals surface area (Å²) in [7, 11) is 0. The van der Waals surface area contributed by atoms with Gasteiger partial charge < -0.3 is 14.3 Å². The van der Waals surface area contributed by atoms with E-state index in [1.165, 1.54) is 16.3 Å². The first-order valence-electron chi connectivity index (χ1n) is 12.4. The molecule has 0 spiro atoms. The van der Waals surface area contributed by atoms with Crippen molar-refractivity contribution >= 4 is 44.4 Å². The lowest BCUT2D eigenvalue weighted by molar-refractivity contribution is 0.506. The highest BCUT2D eigenvalue weighted by Crippen LogP contribution is 2.43. The average molecular weight is 468 g/mol. The Balaban J connectivity index is 1.52. The number of furan rings is 1. The van der Waals surface area contributed by atoms with E-state index in [-0.39, 0.29) is 0 Å². The van der Waals surface area contributed by atoms with Crippen molar-refractivity contribution in [2.75, 3.05) is 0 Å². The molecule has 1 aliphatic heterocycles. The molecule has 5 aromatic rings. The standard InChI is InChI=1S/C32H25N3O/c1-20-8-5-12-23-24-15-16-28-29(31(24)36-30(20)23)25-11-3-4-14-27(25)35(28)22-10-6-9-21(18-22)26-13-7-17-34-32(26,2)19-33/h3-7,9-18,20,34H,8H2,1-2H3. The summed E-state index contributed by atoms with van der Waals surface area (Å²) < 4.78 is 8.92. The highest BCUT2D eigenvalue weighted by atomic mass is 16.3. The van der Waals surface area contributed by atoms with E-state index < -0.39 is 5.54 Å². The molecule has 0 radical (unpaired) electrons. The van der Waals surface area contributed by atoms with Gasteiger partial charge in [-0.25, -0.2) is 0 Å². The van der Waals surface area contributed by atoms with Gasteiger partial charge in [0.25, 0.3) is 0 Å². The molecule has 2 unspecified atom stereocenters. The van der Waals surface area contributed by atoms with Crippen molar-refractivity contribution in [3.8, 4) is 11.8 Å². The van der Waals surface area contributed by atoms with E-state index in [1.54, 1.807) is 0 Å². The Morgan fingerprint density at radius 1 is 1.06 bits per heavy atom. The smallest absolute Gasteiger partial charge is 0.148 e. The lowest BCUT2D eigenvalue weighted by Gasteiger charge is -2.28. The molecule has 3 heterocycles. The number of nitrogens with zero attached hydrogens (tertiary/aromatic N) is 2. The number of allylic oxidation sites excluding steroid dienone is 3. The van der Waals surface area contributed by atoms with E-state index >= 15 is 0 Å². The fraction of sp³-hybridized carbons (Fsp3) is 0.156. The van der Waals surface area contributed by atoms with Gasteiger partial charge in [0.15, 0.2) is 0 Å². The van der Waals surface area contributed by atoms with Crippen molar-refractivity contribution < 1.29 is 4.42 Å². The minimum Gasteiger partial charge on any atom is -0.459 e. The number of hydrogen-bond donors (Lipinski definition) is 1. The molecule has 0 saturated heterocycles. The molecule has 0 bridgehead atoms. The SMILES string of the molecule is CC1CC=Cc2c1oc1c2ccc2c1c1ccccc1n2-c1cccc(C2=CC=CNC2(C)C#N)c1. The Morgan fingerprint density at radius 2 is 1.94 bits per heavy atom. The number of rotatable bonds is 2. The van der Waals surface area contributed by atoms with Crippen LogP contribution in [-0.2, 0) is 0 Å². The molecule has 7 rings (SSSR count). The average Bonchev–Trinajstić information content (AvgIpc) is 3.46. The lowest BCUT2D eigenvalue weighted by atomic mass is 9.86. The van der Waals surface area contributed by atoms with Gasteiger partial charge in [0.1, 0.15) is 16.9 Å². The number of nitrogens with one attached hydrogen (secondary N) is 1. The van der Waals surface area contributed by atoms with Crippen LogP contribution in [0.15, 0.2) is 89.5 Å². The largest absolute Gasteiger partial charge is 0.459 e. The second-order valence-corrected chi connectivity index (χ2v) is 9.98. The van der Waals surface area contributed by atoms with Crippen LogP contribution in [0.25, 0.3) is 50.1 Å². The minimum atomic E-state index is -0.780. The molecule has 1 aliphatic carbocycles. The van der Waals surface area contributed by atoms with Gasteiger partial charge in [-0.15, -0.1) is 0 Å². The summed E-state index contributed by atoms with van der Waals surface area (Å²) in [6.07, 6.45) is 11.3. The molecule has 1 N–H and O–H groups in total. The van der Waals surface area contributed by atoms with Crippen molar-refractivity contribution in [3.63, 3.8) is 0 Å². The number of para-hydroxylation sites is 1. The molecule has 0 saturated carbocycles. The van der Waals surface area contributed by atoms with Crippen molar-refractivity contribution in [2.45, 2.75) is 31.7 Å². The first kappa shape index (κ1) is 20.8. The van der Waals surface area contributed by atoms with E-state index in [2.05, 4.69) is 95.7 Å². The Kier molecular flexibility index (Phi) is 4.34. The summed E-state index contributed by atoms with van der Waals surface area (Å²) in [4.78, 5) is 0. The molecule has 3 aromatic carbocycles. The minimum absolute atomic E-state index is 0.373. The topological polar surface area (TPSA) is 53.9 Å². The zero-order chi connectivity index (χ0) is 24.4. The molecule has 2 aliphatic rings. The van der Waals surface area contributed by atoms with Crippen LogP contribution < -0.4 is 5.32 Å². The Labute approximate surface area is 209 Å². The Hall–Kier alpha value is -4.49. The molecule has 0 fully saturated rings. The highest BCUT2D eigenvalue weighted by Gasteiger charge is 2.30. The van der Waals surface area contributed by atoms with Crippen LogP contribution in [0.1, 0.15) is 43.1 Å². The van der Waals surface area contributed by atoms with Gasteiger partial charge in [-0.3, -0.25) is 0 Å². The van der Waals surface area contributed by atoms with E-state index in [1.807, 2.05) is 25.3 Å². The number of fused-ring (bicyclic) bond motifs is 7. The van der Waals surface area contributed by atoms with Crippen LogP contribution in [0.5, 0.6) is 0 Å². The Bertz CT molecular complexity index is 1840. The number of benzene rings is 3.